The van der Waals surface area contributed by atoms with Crippen LogP contribution < -0.4 is 10.1 Å². The van der Waals surface area contributed by atoms with E-state index in [0.717, 1.165) is 21.2 Å². The molecule has 1 aliphatic rings. The van der Waals surface area contributed by atoms with E-state index >= 15 is 0 Å². The summed E-state index contributed by atoms with van der Waals surface area (Å²) in [7, 11) is 0. The normalized spacial score (nSPS) is 14.2. The topological polar surface area (TPSA) is 21.3 Å². The van der Waals surface area contributed by atoms with E-state index in [1.807, 2.05) is 18.2 Å². The Morgan fingerprint density at radius 1 is 1.05 bits per heavy atom. The Kier molecular flexibility index (Phi) is 4.99. The largest absolute Gasteiger partial charge is 0.489 e. The summed E-state index contributed by atoms with van der Waals surface area (Å²) in [5.74, 6) is 0.911. The van der Waals surface area contributed by atoms with Gasteiger partial charge in [-0.15, -0.1) is 0 Å². The molecular formula is C17H17Br2NO. The number of halogens is 2. The standard InChI is InChI=1S/C17H17Br2NO/c18-14-3-1-12(2-4-14)11-21-16-7-8-17(19)13(9-16)10-20-15-5-6-15/h1-4,7-9,15,20H,5-6,10-11H2. The zero-order valence-electron chi connectivity index (χ0n) is 11.6. The third-order valence-corrected chi connectivity index (χ3v) is 4.80. The smallest absolute Gasteiger partial charge is 0.120 e. The minimum Gasteiger partial charge on any atom is -0.489 e. The molecule has 1 N–H and O–H groups in total. The molecule has 1 aliphatic carbocycles. The molecule has 2 aromatic rings. The van der Waals surface area contributed by atoms with Crippen LogP contribution >= 0.6 is 31.9 Å². The van der Waals surface area contributed by atoms with Crippen molar-refractivity contribution in [3.05, 3.63) is 62.5 Å². The number of ether oxygens (including phenoxy) is 1. The van der Waals surface area contributed by atoms with E-state index in [2.05, 4.69) is 61.4 Å². The van der Waals surface area contributed by atoms with Gasteiger partial charge in [-0.3, -0.25) is 0 Å². The highest BCUT2D eigenvalue weighted by molar-refractivity contribution is 9.10. The zero-order chi connectivity index (χ0) is 14.7. The molecule has 0 saturated heterocycles. The van der Waals surface area contributed by atoms with Gasteiger partial charge in [0.1, 0.15) is 12.4 Å². The van der Waals surface area contributed by atoms with Crippen LogP contribution in [0.5, 0.6) is 5.75 Å². The van der Waals surface area contributed by atoms with Crippen LogP contribution in [0.4, 0.5) is 0 Å². The van der Waals surface area contributed by atoms with Crippen molar-refractivity contribution in [3.8, 4) is 5.75 Å². The summed E-state index contributed by atoms with van der Waals surface area (Å²) in [6.07, 6.45) is 2.61. The molecule has 0 radical (unpaired) electrons. The van der Waals surface area contributed by atoms with Gasteiger partial charge >= 0.3 is 0 Å². The molecule has 4 heteroatoms. The first-order valence-corrected chi connectivity index (χ1v) is 8.68. The fourth-order valence-corrected chi connectivity index (χ4v) is 2.72. The van der Waals surface area contributed by atoms with Crippen LogP contribution in [0.2, 0.25) is 0 Å². The molecule has 3 rings (SSSR count). The molecule has 0 aromatic heterocycles. The Labute approximate surface area is 142 Å². The Hall–Kier alpha value is -0.840. The number of rotatable bonds is 6. The SMILES string of the molecule is Brc1ccc(COc2ccc(Br)c(CNC3CC3)c2)cc1. The first-order valence-electron chi connectivity index (χ1n) is 7.10. The van der Waals surface area contributed by atoms with E-state index in [1.165, 1.54) is 24.0 Å². The van der Waals surface area contributed by atoms with Crippen molar-refractivity contribution in [2.45, 2.75) is 32.0 Å². The lowest BCUT2D eigenvalue weighted by atomic mass is 10.2. The quantitative estimate of drug-likeness (QED) is 0.719. The Morgan fingerprint density at radius 2 is 1.81 bits per heavy atom. The monoisotopic (exact) mass is 409 g/mol. The molecule has 0 unspecified atom stereocenters. The molecule has 21 heavy (non-hydrogen) atoms. The Balaban J connectivity index is 1.61. The predicted octanol–water partition coefficient (Wildman–Crippen LogP) is 5.04. The van der Waals surface area contributed by atoms with Crippen molar-refractivity contribution >= 4 is 31.9 Å². The Morgan fingerprint density at radius 3 is 2.52 bits per heavy atom. The van der Waals surface area contributed by atoms with Crippen molar-refractivity contribution < 1.29 is 4.74 Å². The highest BCUT2D eigenvalue weighted by Crippen LogP contribution is 2.25. The average Bonchev–Trinajstić information content (AvgIpc) is 3.31. The Bertz CT molecular complexity index is 609. The van der Waals surface area contributed by atoms with Crippen molar-refractivity contribution in [2.24, 2.45) is 0 Å². The molecule has 0 spiro atoms. The van der Waals surface area contributed by atoms with Gasteiger partial charge in [-0.1, -0.05) is 44.0 Å². The van der Waals surface area contributed by atoms with Gasteiger partial charge in [-0.25, -0.2) is 0 Å². The van der Waals surface area contributed by atoms with Crippen LogP contribution in [-0.2, 0) is 13.2 Å². The zero-order valence-corrected chi connectivity index (χ0v) is 14.8. The van der Waals surface area contributed by atoms with Gasteiger partial charge in [0.25, 0.3) is 0 Å². The lowest BCUT2D eigenvalue weighted by molar-refractivity contribution is 0.305. The summed E-state index contributed by atoms with van der Waals surface area (Å²) in [5.41, 5.74) is 2.41. The minimum atomic E-state index is 0.588. The molecule has 0 atom stereocenters. The van der Waals surface area contributed by atoms with Gasteiger partial charge in [0, 0.05) is 21.5 Å². The van der Waals surface area contributed by atoms with Crippen LogP contribution in [0.25, 0.3) is 0 Å². The van der Waals surface area contributed by atoms with E-state index in [4.69, 9.17) is 4.74 Å². The molecule has 110 valence electrons. The summed E-state index contributed by atoms with van der Waals surface area (Å²) in [4.78, 5) is 0. The number of benzene rings is 2. The van der Waals surface area contributed by atoms with Crippen molar-refractivity contribution in [2.75, 3.05) is 0 Å². The summed E-state index contributed by atoms with van der Waals surface area (Å²) in [6, 6.07) is 15.1. The van der Waals surface area contributed by atoms with Gasteiger partial charge in [0.2, 0.25) is 0 Å². The van der Waals surface area contributed by atoms with Gasteiger partial charge in [0.15, 0.2) is 0 Å². The maximum atomic E-state index is 5.89. The average molecular weight is 411 g/mol. The molecule has 2 nitrogen and oxygen atoms in total. The summed E-state index contributed by atoms with van der Waals surface area (Å²) >= 11 is 7.04. The second kappa shape index (κ2) is 6.95. The maximum absolute atomic E-state index is 5.89. The van der Waals surface area contributed by atoms with Gasteiger partial charge in [0.05, 0.1) is 0 Å². The molecule has 2 aromatic carbocycles. The number of hydrogen-bond donors (Lipinski definition) is 1. The van der Waals surface area contributed by atoms with E-state index in [0.29, 0.717) is 12.6 Å². The van der Waals surface area contributed by atoms with E-state index in [9.17, 15) is 0 Å². The second-order valence-electron chi connectivity index (χ2n) is 5.32. The molecular weight excluding hydrogens is 394 g/mol. The van der Waals surface area contributed by atoms with E-state index in [1.54, 1.807) is 0 Å². The van der Waals surface area contributed by atoms with Gasteiger partial charge < -0.3 is 10.1 Å². The molecule has 0 amide bonds. The summed E-state index contributed by atoms with van der Waals surface area (Å²) in [5, 5.41) is 3.53. The number of nitrogens with one attached hydrogen (secondary N) is 1. The highest BCUT2D eigenvalue weighted by Gasteiger charge is 2.20. The van der Waals surface area contributed by atoms with Crippen molar-refractivity contribution in [3.63, 3.8) is 0 Å². The second-order valence-corrected chi connectivity index (χ2v) is 7.09. The van der Waals surface area contributed by atoms with Crippen molar-refractivity contribution in [1.82, 2.24) is 5.32 Å². The van der Waals surface area contributed by atoms with Crippen LogP contribution in [0.15, 0.2) is 51.4 Å². The summed E-state index contributed by atoms with van der Waals surface area (Å²) in [6.45, 7) is 1.48. The lowest BCUT2D eigenvalue weighted by Gasteiger charge is -2.11. The van der Waals surface area contributed by atoms with Crippen LogP contribution in [-0.4, -0.2) is 6.04 Å². The minimum absolute atomic E-state index is 0.588. The fraction of sp³-hybridized carbons (Fsp3) is 0.294. The predicted molar refractivity (Wildman–Crippen MR) is 92.5 cm³/mol. The van der Waals surface area contributed by atoms with Gasteiger partial charge in [-0.05, 0) is 54.3 Å². The third-order valence-electron chi connectivity index (χ3n) is 3.49. The van der Waals surface area contributed by atoms with Crippen molar-refractivity contribution in [1.29, 1.82) is 0 Å². The lowest BCUT2D eigenvalue weighted by Crippen LogP contribution is -2.15. The van der Waals surface area contributed by atoms with Crippen LogP contribution in [0, 0.1) is 0 Å². The molecule has 0 bridgehead atoms. The number of hydrogen-bond acceptors (Lipinski definition) is 2. The molecule has 1 fully saturated rings. The fourth-order valence-electron chi connectivity index (χ4n) is 2.07. The van der Waals surface area contributed by atoms with E-state index < -0.39 is 0 Å². The van der Waals surface area contributed by atoms with Gasteiger partial charge in [-0.2, -0.15) is 0 Å². The molecule has 0 heterocycles. The van der Waals surface area contributed by atoms with Crippen LogP contribution in [0.3, 0.4) is 0 Å². The van der Waals surface area contributed by atoms with Crippen LogP contribution in [0.1, 0.15) is 24.0 Å². The maximum Gasteiger partial charge on any atom is 0.120 e. The first kappa shape index (κ1) is 15.1. The van der Waals surface area contributed by atoms with E-state index in [-0.39, 0.29) is 0 Å². The molecule has 1 saturated carbocycles. The highest BCUT2D eigenvalue weighted by atomic mass is 79.9. The first-order chi connectivity index (χ1) is 10.2. The third kappa shape index (κ3) is 4.56. The molecule has 0 aliphatic heterocycles. The summed E-state index contributed by atoms with van der Waals surface area (Å²) < 4.78 is 8.10.